The summed E-state index contributed by atoms with van der Waals surface area (Å²) < 4.78 is 0. The molecule has 1 saturated heterocycles. The van der Waals surface area contributed by atoms with Crippen LogP contribution in [0.4, 0.5) is 5.95 Å². The first-order valence-electron chi connectivity index (χ1n) is 8.88. The molecule has 7 heteroatoms. The summed E-state index contributed by atoms with van der Waals surface area (Å²) in [7, 11) is 0. The zero-order valence-corrected chi connectivity index (χ0v) is 16.4. The maximum Gasteiger partial charge on any atom is 0.274 e. The van der Waals surface area contributed by atoms with Gasteiger partial charge in [-0.1, -0.05) is 23.7 Å². The van der Waals surface area contributed by atoms with E-state index in [1.54, 1.807) is 12.1 Å². The van der Waals surface area contributed by atoms with Crippen molar-refractivity contribution in [3.8, 4) is 0 Å². The van der Waals surface area contributed by atoms with Gasteiger partial charge in [0.15, 0.2) is 0 Å². The van der Waals surface area contributed by atoms with Crippen LogP contribution < -0.4 is 16.2 Å². The minimum atomic E-state index is -0.218. The number of rotatable bonds is 4. The van der Waals surface area contributed by atoms with Gasteiger partial charge >= 0.3 is 0 Å². The van der Waals surface area contributed by atoms with E-state index in [-0.39, 0.29) is 22.7 Å². The molecule has 2 aromatic rings. The number of aromatic nitrogens is 3. The minimum Gasteiger partial charge on any atom is -0.352 e. The van der Waals surface area contributed by atoms with E-state index in [0.717, 1.165) is 18.4 Å². The van der Waals surface area contributed by atoms with E-state index in [1.165, 1.54) is 0 Å². The van der Waals surface area contributed by atoms with Crippen molar-refractivity contribution in [2.75, 3.05) is 5.32 Å². The molecule has 0 radical (unpaired) electrons. The van der Waals surface area contributed by atoms with Crippen molar-refractivity contribution in [3.05, 3.63) is 50.9 Å². The molecule has 140 valence electrons. The van der Waals surface area contributed by atoms with Gasteiger partial charge in [0.1, 0.15) is 5.69 Å². The van der Waals surface area contributed by atoms with Crippen LogP contribution in [0.1, 0.15) is 51.8 Å². The maximum atomic E-state index is 12.4. The fourth-order valence-electron chi connectivity index (χ4n) is 3.95. The van der Waals surface area contributed by atoms with Crippen LogP contribution in [-0.4, -0.2) is 32.3 Å². The molecule has 1 aliphatic rings. The molecule has 0 atom stereocenters. The summed E-state index contributed by atoms with van der Waals surface area (Å²) in [5.41, 5.74) is 1.18. The largest absolute Gasteiger partial charge is 0.352 e. The van der Waals surface area contributed by atoms with Crippen LogP contribution in [0.3, 0.4) is 0 Å². The van der Waals surface area contributed by atoms with Gasteiger partial charge in [-0.2, -0.15) is 0 Å². The molecular weight excluding hydrogens is 350 g/mol. The molecule has 0 saturated carbocycles. The average molecular weight is 376 g/mol. The molecule has 0 bridgehead atoms. The normalized spacial score (nSPS) is 19.3. The number of benzene rings is 1. The first-order chi connectivity index (χ1) is 12.1. The van der Waals surface area contributed by atoms with Gasteiger partial charge in [0.2, 0.25) is 5.95 Å². The van der Waals surface area contributed by atoms with Crippen LogP contribution in [0.5, 0.6) is 0 Å². The summed E-state index contributed by atoms with van der Waals surface area (Å²) in [5, 5.41) is 16.0. The van der Waals surface area contributed by atoms with Crippen LogP contribution in [0.2, 0.25) is 5.02 Å². The second-order valence-corrected chi connectivity index (χ2v) is 8.83. The summed E-state index contributed by atoms with van der Waals surface area (Å²) >= 11 is 5.89. The van der Waals surface area contributed by atoms with Crippen LogP contribution in [0, 0.1) is 0 Å². The van der Waals surface area contributed by atoms with E-state index >= 15 is 0 Å². The highest BCUT2D eigenvalue weighted by molar-refractivity contribution is 6.30. The summed E-state index contributed by atoms with van der Waals surface area (Å²) in [5.74, 6) is 0.424. The Hall–Kier alpha value is -1.92. The van der Waals surface area contributed by atoms with Crippen molar-refractivity contribution in [2.24, 2.45) is 0 Å². The van der Waals surface area contributed by atoms with E-state index in [9.17, 15) is 4.79 Å². The first kappa shape index (κ1) is 18.9. The highest BCUT2D eigenvalue weighted by atomic mass is 35.5. The number of hydrogen-bond acceptors (Lipinski definition) is 5. The molecule has 1 aliphatic heterocycles. The van der Waals surface area contributed by atoms with Crippen molar-refractivity contribution in [2.45, 2.75) is 64.1 Å². The maximum absolute atomic E-state index is 12.4. The van der Waals surface area contributed by atoms with Gasteiger partial charge in [-0.3, -0.25) is 9.78 Å². The Morgan fingerprint density at radius 1 is 1.12 bits per heavy atom. The smallest absolute Gasteiger partial charge is 0.274 e. The molecule has 1 aromatic carbocycles. The Morgan fingerprint density at radius 2 is 1.73 bits per heavy atom. The molecule has 1 fully saturated rings. The Balaban J connectivity index is 1.71. The lowest BCUT2D eigenvalue weighted by atomic mass is 9.80. The van der Waals surface area contributed by atoms with Crippen molar-refractivity contribution >= 4 is 17.5 Å². The van der Waals surface area contributed by atoms with Gasteiger partial charge in [0.25, 0.3) is 5.56 Å². The number of aromatic amines is 1. The lowest BCUT2D eigenvalue weighted by Gasteiger charge is -2.46. The Morgan fingerprint density at radius 3 is 2.31 bits per heavy atom. The number of nitrogens with zero attached hydrogens (tertiary/aromatic N) is 2. The molecule has 0 amide bonds. The highest BCUT2D eigenvalue weighted by Crippen LogP contribution is 2.29. The number of anilines is 1. The Kier molecular flexibility index (Phi) is 5.08. The van der Waals surface area contributed by atoms with E-state index in [0.29, 0.717) is 23.1 Å². The van der Waals surface area contributed by atoms with E-state index < -0.39 is 0 Å². The molecule has 3 rings (SSSR count). The SMILES string of the molecule is CC1(C)CC(Nc2nnc(Cc3ccc(Cl)cc3)c(=O)[nH]2)CC(C)(C)N1. The van der Waals surface area contributed by atoms with Crippen LogP contribution >= 0.6 is 11.6 Å². The molecule has 2 heterocycles. The number of piperidine rings is 1. The minimum absolute atomic E-state index is 0.0155. The second kappa shape index (κ2) is 7.00. The Bertz CT molecular complexity index is 813. The summed E-state index contributed by atoms with van der Waals surface area (Å²) in [4.78, 5) is 15.2. The summed E-state index contributed by atoms with van der Waals surface area (Å²) in [6.07, 6.45) is 2.30. The van der Waals surface area contributed by atoms with E-state index in [1.807, 2.05) is 12.1 Å². The molecule has 3 N–H and O–H groups in total. The lowest BCUT2D eigenvalue weighted by Crippen LogP contribution is -2.60. The number of halogens is 1. The summed E-state index contributed by atoms with van der Waals surface area (Å²) in [6.45, 7) is 8.75. The quantitative estimate of drug-likeness (QED) is 0.764. The second-order valence-electron chi connectivity index (χ2n) is 8.39. The van der Waals surface area contributed by atoms with Crippen LogP contribution in [0.15, 0.2) is 29.1 Å². The predicted molar refractivity (Wildman–Crippen MR) is 105 cm³/mol. The fraction of sp³-hybridized carbons (Fsp3) is 0.526. The number of nitrogens with one attached hydrogen (secondary N) is 3. The number of H-pyrrole nitrogens is 1. The van der Waals surface area contributed by atoms with Crippen LogP contribution in [0.25, 0.3) is 0 Å². The summed E-state index contributed by atoms with van der Waals surface area (Å²) in [6, 6.07) is 7.58. The van der Waals surface area contributed by atoms with Gasteiger partial charge < -0.3 is 10.6 Å². The average Bonchev–Trinajstić information content (AvgIpc) is 2.49. The van der Waals surface area contributed by atoms with Gasteiger partial charge in [-0.15, -0.1) is 10.2 Å². The monoisotopic (exact) mass is 375 g/mol. The van der Waals surface area contributed by atoms with Crippen molar-refractivity contribution in [3.63, 3.8) is 0 Å². The highest BCUT2D eigenvalue weighted by Gasteiger charge is 2.37. The zero-order valence-electron chi connectivity index (χ0n) is 15.7. The van der Waals surface area contributed by atoms with Gasteiger partial charge in [-0.25, -0.2) is 0 Å². The van der Waals surface area contributed by atoms with Crippen molar-refractivity contribution in [1.29, 1.82) is 0 Å². The van der Waals surface area contributed by atoms with E-state index in [4.69, 9.17) is 11.6 Å². The molecule has 26 heavy (non-hydrogen) atoms. The molecular formula is C19H26ClN5O. The third kappa shape index (κ3) is 4.83. The third-order valence-electron chi connectivity index (χ3n) is 4.58. The zero-order chi connectivity index (χ0) is 18.9. The molecule has 0 aliphatic carbocycles. The van der Waals surface area contributed by atoms with Gasteiger partial charge in [-0.05, 0) is 58.2 Å². The van der Waals surface area contributed by atoms with E-state index in [2.05, 4.69) is 53.5 Å². The van der Waals surface area contributed by atoms with Crippen molar-refractivity contribution < 1.29 is 0 Å². The fourth-order valence-corrected chi connectivity index (χ4v) is 4.08. The number of hydrogen-bond donors (Lipinski definition) is 3. The van der Waals surface area contributed by atoms with Crippen LogP contribution in [-0.2, 0) is 6.42 Å². The predicted octanol–water partition coefficient (Wildman–Crippen LogP) is 3.13. The first-order valence-corrected chi connectivity index (χ1v) is 9.26. The molecule has 6 nitrogen and oxygen atoms in total. The lowest BCUT2D eigenvalue weighted by molar-refractivity contribution is 0.170. The van der Waals surface area contributed by atoms with Gasteiger partial charge in [0.05, 0.1) is 0 Å². The van der Waals surface area contributed by atoms with Crippen molar-refractivity contribution in [1.82, 2.24) is 20.5 Å². The van der Waals surface area contributed by atoms with Gasteiger partial charge in [0, 0.05) is 28.6 Å². The molecule has 0 spiro atoms. The standard InChI is InChI=1S/C19H26ClN5O/c1-18(2)10-14(11-19(3,4)25-18)21-17-22-16(26)15(23-24-17)9-12-5-7-13(20)8-6-12/h5-8,14,25H,9-11H2,1-4H3,(H2,21,22,24,26). The Labute approximate surface area is 158 Å². The third-order valence-corrected chi connectivity index (χ3v) is 4.83. The topological polar surface area (TPSA) is 82.7 Å². The molecule has 0 unspecified atom stereocenters. The molecule has 1 aromatic heterocycles.